The van der Waals surface area contributed by atoms with E-state index in [1.54, 1.807) is 40.5 Å². The second kappa shape index (κ2) is 12.1. The van der Waals surface area contributed by atoms with Gasteiger partial charge in [0.05, 0.1) is 6.54 Å². The third kappa shape index (κ3) is 6.56. The van der Waals surface area contributed by atoms with Crippen LogP contribution in [0.3, 0.4) is 0 Å². The number of hydrogen-bond acceptors (Lipinski definition) is 5. The lowest BCUT2D eigenvalue weighted by Crippen LogP contribution is -2.55. The molecule has 0 aromatic heterocycles. The van der Waals surface area contributed by atoms with Gasteiger partial charge in [-0.15, -0.1) is 0 Å². The maximum absolute atomic E-state index is 13.1. The monoisotopic (exact) mass is 493 g/mol. The van der Waals surface area contributed by atoms with Crippen LogP contribution in [-0.2, 0) is 15.0 Å². The van der Waals surface area contributed by atoms with Gasteiger partial charge in [0.25, 0.3) is 16.1 Å². The topological polar surface area (TPSA) is 93.3 Å². The summed E-state index contributed by atoms with van der Waals surface area (Å²) in [5, 5.41) is 2.87. The molecule has 1 aliphatic carbocycles. The lowest BCUT2D eigenvalue weighted by Gasteiger charge is -2.38. The maximum atomic E-state index is 13.1. The van der Waals surface area contributed by atoms with Crippen molar-refractivity contribution in [2.24, 2.45) is 0 Å². The summed E-state index contributed by atoms with van der Waals surface area (Å²) in [6.07, 6.45) is 5.21. The summed E-state index contributed by atoms with van der Waals surface area (Å²) in [6, 6.07) is 7.07. The van der Waals surface area contributed by atoms with Crippen molar-refractivity contribution >= 4 is 27.7 Å². The Bertz CT molecular complexity index is 936. The zero-order chi connectivity index (χ0) is 24.7. The molecule has 2 aliphatic rings. The Hall–Kier alpha value is -2.01. The average molecular weight is 494 g/mol. The van der Waals surface area contributed by atoms with Crippen LogP contribution >= 0.6 is 0 Å². The molecule has 1 aromatic carbocycles. The van der Waals surface area contributed by atoms with E-state index in [2.05, 4.69) is 5.32 Å². The van der Waals surface area contributed by atoms with Gasteiger partial charge in [-0.25, -0.2) is 0 Å². The SMILES string of the molecule is CCN(CC)C(=O)c1cccc(NC(=O)CN2CCN(S(=O)(=O)N(C)C3CCCCC3)CC2)c1. The van der Waals surface area contributed by atoms with Crippen molar-refractivity contribution in [1.82, 2.24) is 18.4 Å². The van der Waals surface area contributed by atoms with Crippen LogP contribution in [0.4, 0.5) is 5.69 Å². The quantitative estimate of drug-likeness (QED) is 0.570. The van der Waals surface area contributed by atoms with Gasteiger partial charge in [-0.3, -0.25) is 14.5 Å². The Labute approximate surface area is 204 Å². The van der Waals surface area contributed by atoms with Crippen LogP contribution in [0.5, 0.6) is 0 Å². The minimum absolute atomic E-state index is 0.0587. The number of hydrogen-bond donors (Lipinski definition) is 1. The highest BCUT2D eigenvalue weighted by molar-refractivity contribution is 7.86. The van der Waals surface area contributed by atoms with E-state index in [-0.39, 0.29) is 24.4 Å². The third-order valence-corrected chi connectivity index (χ3v) is 8.97. The summed E-state index contributed by atoms with van der Waals surface area (Å²) in [7, 11) is -1.78. The maximum Gasteiger partial charge on any atom is 0.282 e. The van der Waals surface area contributed by atoms with E-state index < -0.39 is 10.2 Å². The molecule has 1 aliphatic heterocycles. The third-order valence-electron chi connectivity index (χ3n) is 6.92. The lowest BCUT2D eigenvalue weighted by molar-refractivity contribution is -0.117. The minimum atomic E-state index is -3.48. The standard InChI is InChI=1S/C24H39N5O4S/c1-4-28(5-2)24(31)20-10-9-11-21(18-20)25-23(30)19-27-14-16-29(17-15-27)34(32,33)26(3)22-12-7-6-8-13-22/h9-11,18,22H,4-8,12-17,19H2,1-3H3,(H,25,30). The fraction of sp³-hybridized carbons (Fsp3) is 0.667. The van der Waals surface area contributed by atoms with Gasteiger partial charge >= 0.3 is 0 Å². The Morgan fingerprint density at radius 3 is 2.29 bits per heavy atom. The Balaban J connectivity index is 1.50. The number of benzene rings is 1. The molecule has 34 heavy (non-hydrogen) atoms. The van der Waals surface area contributed by atoms with E-state index in [9.17, 15) is 18.0 Å². The van der Waals surface area contributed by atoms with Crippen molar-refractivity contribution in [2.45, 2.75) is 52.0 Å². The van der Waals surface area contributed by atoms with E-state index in [0.717, 1.165) is 25.7 Å². The number of carbonyl (C=O) groups is 2. The van der Waals surface area contributed by atoms with Gasteiger partial charge in [0.15, 0.2) is 0 Å². The van der Waals surface area contributed by atoms with Crippen LogP contribution in [0.15, 0.2) is 24.3 Å². The van der Waals surface area contributed by atoms with E-state index in [1.807, 2.05) is 18.7 Å². The average Bonchev–Trinajstić information content (AvgIpc) is 2.85. The Kier molecular flexibility index (Phi) is 9.47. The number of rotatable bonds is 9. The van der Waals surface area contributed by atoms with Crippen molar-refractivity contribution in [3.05, 3.63) is 29.8 Å². The summed E-state index contributed by atoms with van der Waals surface area (Å²) in [6.45, 7) is 7.07. The van der Waals surface area contributed by atoms with Crippen LogP contribution in [0.2, 0.25) is 0 Å². The zero-order valence-corrected chi connectivity index (χ0v) is 21.5. The zero-order valence-electron chi connectivity index (χ0n) is 20.7. The number of nitrogens with zero attached hydrogens (tertiary/aromatic N) is 4. The summed E-state index contributed by atoms with van der Waals surface area (Å²) >= 11 is 0. The van der Waals surface area contributed by atoms with E-state index in [4.69, 9.17) is 0 Å². The first-order chi connectivity index (χ1) is 16.3. The first-order valence-corrected chi connectivity index (χ1v) is 13.8. The fourth-order valence-corrected chi connectivity index (χ4v) is 6.34. The molecule has 10 heteroatoms. The van der Waals surface area contributed by atoms with Gasteiger partial charge in [0, 0.05) is 63.6 Å². The second-order valence-electron chi connectivity index (χ2n) is 9.10. The van der Waals surface area contributed by atoms with Crippen molar-refractivity contribution in [3.8, 4) is 0 Å². The summed E-state index contributed by atoms with van der Waals surface area (Å²) in [5.74, 6) is -0.236. The van der Waals surface area contributed by atoms with Crippen LogP contribution in [0.25, 0.3) is 0 Å². The van der Waals surface area contributed by atoms with E-state index >= 15 is 0 Å². The van der Waals surface area contributed by atoms with Gasteiger partial charge in [-0.05, 0) is 44.9 Å². The van der Waals surface area contributed by atoms with Gasteiger partial charge in [0.2, 0.25) is 5.91 Å². The highest BCUT2D eigenvalue weighted by Crippen LogP contribution is 2.25. The molecule has 3 rings (SSSR count). The first-order valence-electron chi connectivity index (χ1n) is 12.4. The van der Waals surface area contributed by atoms with Crippen LogP contribution in [0, 0.1) is 0 Å². The molecule has 0 spiro atoms. The molecule has 1 saturated heterocycles. The largest absolute Gasteiger partial charge is 0.339 e. The molecule has 9 nitrogen and oxygen atoms in total. The summed E-state index contributed by atoms with van der Waals surface area (Å²) in [4.78, 5) is 28.9. The molecule has 2 amide bonds. The van der Waals surface area contributed by atoms with E-state index in [0.29, 0.717) is 50.5 Å². The predicted octanol–water partition coefficient (Wildman–Crippen LogP) is 2.23. The summed E-state index contributed by atoms with van der Waals surface area (Å²) in [5.41, 5.74) is 1.13. The Morgan fingerprint density at radius 1 is 1.03 bits per heavy atom. The molecule has 0 bridgehead atoms. The first kappa shape index (κ1) is 26.6. The molecular weight excluding hydrogens is 454 g/mol. The fourth-order valence-electron chi connectivity index (χ4n) is 4.76. The summed E-state index contributed by atoms with van der Waals surface area (Å²) < 4.78 is 29.2. The predicted molar refractivity (Wildman–Crippen MR) is 134 cm³/mol. The normalized spacial score (nSPS) is 18.7. The Morgan fingerprint density at radius 2 is 1.68 bits per heavy atom. The molecular formula is C24H39N5O4S. The molecule has 0 unspecified atom stereocenters. The highest BCUT2D eigenvalue weighted by Gasteiger charge is 2.34. The molecule has 0 atom stereocenters. The lowest BCUT2D eigenvalue weighted by atomic mass is 9.96. The van der Waals surface area contributed by atoms with Crippen molar-refractivity contribution in [3.63, 3.8) is 0 Å². The van der Waals surface area contributed by atoms with Crippen LogP contribution < -0.4 is 5.32 Å². The van der Waals surface area contributed by atoms with Crippen molar-refractivity contribution in [1.29, 1.82) is 0 Å². The number of carbonyl (C=O) groups excluding carboxylic acids is 2. The number of anilines is 1. The van der Waals surface area contributed by atoms with E-state index in [1.165, 1.54) is 10.7 Å². The molecule has 1 heterocycles. The second-order valence-corrected chi connectivity index (χ2v) is 11.1. The van der Waals surface area contributed by atoms with Crippen LogP contribution in [-0.4, -0.2) is 97.5 Å². The molecule has 0 radical (unpaired) electrons. The van der Waals surface area contributed by atoms with Crippen molar-refractivity contribution in [2.75, 3.05) is 58.2 Å². The van der Waals surface area contributed by atoms with Crippen LogP contribution in [0.1, 0.15) is 56.3 Å². The van der Waals surface area contributed by atoms with Gasteiger partial charge in [0.1, 0.15) is 0 Å². The van der Waals surface area contributed by atoms with Crippen molar-refractivity contribution < 1.29 is 18.0 Å². The molecule has 1 saturated carbocycles. The molecule has 1 aromatic rings. The number of amides is 2. The number of nitrogens with one attached hydrogen (secondary N) is 1. The highest BCUT2D eigenvalue weighted by atomic mass is 32.2. The van der Waals surface area contributed by atoms with Gasteiger partial charge in [-0.1, -0.05) is 25.3 Å². The minimum Gasteiger partial charge on any atom is -0.339 e. The number of piperazine rings is 1. The molecule has 1 N–H and O–H groups in total. The molecule has 2 fully saturated rings. The molecule has 190 valence electrons. The van der Waals surface area contributed by atoms with Gasteiger partial charge in [-0.2, -0.15) is 17.0 Å². The smallest absolute Gasteiger partial charge is 0.282 e. The van der Waals surface area contributed by atoms with Gasteiger partial charge < -0.3 is 10.2 Å².